The minimum Gasteiger partial charge on any atom is -0.481 e. The molecule has 0 saturated heterocycles. The highest BCUT2D eigenvalue weighted by atomic mass is 16.4. The molecule has 0 bridgehead atoms. The van der Waals surface area contributed by atoms with Crippen LogP contribution in [-0.2, 0) is 11.2 Å². The number of aliphatic carboxylic acids is 1. The van der Waals surface area contributed by atoms with Gasteiger partial charge < -0.3 is 16.6 Å². The van der Waals surface area contributed by atoms with E-state index in [4.69, 9.17) is 11.5 Å². The van der Waals surface area contributed by atoms with E-state index in [0.29, 0.717) is 24.4 Å². The van der Waals surface area contributed by atoms with E-state index >= 15 is 0 Å². The lowest BCUT2D eigenvalue weighted by molar-refractivity contribution is -0.149. The van der Waals surface area contributed by atoms with Crippen LogP contribution in [-0.4, -0.2) is 17.6 Å². The van der Waals surface area contributed by atoms with E-state index in [1.807, 2.05) is 18.2 Å². The summed E-state index contributed by atoms with van der Waals surface area (Å²) in [5.41, 5.74) is 12.3. The smallest absolute Gasteiger partial charge is 0.311 e. The van der Waals surface area contributed by atoms with Crippen LogP contribution in [0.3, 0.4) is 0 Å². The van der Waals surface area contributed by atoms with Crippen molar-refractivity contribution in [2.24, 2.45) is 17.1 Å². The van der Waals surface area contributed by atoms with Gasteiger partial charge in [0.15, 0.2) is 0 Å². The number of nitrogens with two attached hydrogens (primary N) is 2. The molecule has 1 aliphatic carbocycles. The zero-order valence-corrected chi connectivity index (χ0v) is 10.4. The van der Waals surface area contributed by atoms with Crippen molar-refractivity contribution in [3.05, 3.63) is 29.8 Å². The van der Waals surface area contributed by atoms with Crippen LogP contribution in [0, 0.1) is 11.3 Å². The Labute approximate surface area is 107 Å². The van der Waals surface area contributed by atoms with Crippen molar-refractivity contribution in [2.45, 2.75) is 25.7 Å². The maximum absolute atomic E-state index is 11.6. The second kappa shape index (κ2) is 4.98. The lowest BCUT2D eigenvalue weighted by atomic mass is 9.77. The highest BCUT2D eigenvalue weighted by molar-refractivity contribution is 5.75. The zero-order chi connectivity index (χ0) is 13.2. The first kappa shape index (κ1) is 12.9. The second-order valence-electron chi connectivity index (χ2n) is 5.36. The van der Waals surface area contributed by atoms with Crippen molar-refractivity contribution in [1.29, 1.82) is 0 Å². The molecule has 1 aromatic rings. The van der Waals surface area contributed by atoms with Gasteiger partial charge in [0.05, 0.1) is 5.41 Å². The second-order valence-corrected chi connectivity index (χ2v) is 5.36. The average molecular weight is 248 g/mol. The summed E-state index contributed by atoms with van der Waals surface area (Å²) in [6, 6.07) is 7.40. The Kier molecular flexibility index (Phi) is 3.57. The molecule has 4 nitrogen and oxygen atoms in total. The first-order valence-corrected chi connectivity index (χ1v) is 6.33. The molecule has 0 amide bonds. The van der Waals surface area contributed by atoms with Gasteiger partial charge in [-0.25, -0.2) is 0 Å². The van der Waals surface area contributed by atoms with E-state index in [9.17, 15) is 9.90 Å². The molecule has 0 radical (unpaired) electrons. The molecule has 4 heteroatoms. The summed E-state index contributed by atoms with van der Waals surface area (Å²) in [4.78, 5) is 11.6. The number of rotatable bonds is 6. The average Bonchev–Trinajstić information content (AvgIpc) is 3.11. The van der Waals surface area contributed by atoms with Gasteiger partial charge >= 0.3 is 5.97 Å². The van der Waals surface area contributed by atoms with E-state index in [1.165, 1.54) is 0 Å². The van der Waals surface area contributed by atoms with E-state index in [1.54, 1.807) is 6.07 Å². The van der Waals surface area contributed by atoms with E-state index in [-0.39, 0.29) is 6.54 Å². The van der Waals surface area contributed by atoms with Crippen LogP contribution < -0.4 is 11.5 Å². The van der Waals surface area contributed by atoms with Crippen LogP contribution in [0.1, 0.15) is 24.8 Å². The molecule has 18 heavy (non-hydrogen) atoms. The van der Waals surface area contributed by atoms with Crippen LogP contribution >= 0.6 is 0 Å². The molecule has 1 saturated carbocycles. The van der Waals surface area contributed by atoms with Gasteiger partial charge in [-0.15, -0.1) is 0 Å². The molecule has 0 heterocycles. The maximum Gasteiger partial charge on any atom is 0.311 e. The molecule has 0 spiro atoms. The van der Waals surface area contributed by atoms with Crippen molar-refractivity contribution in [1.82, 2.24) is 0 Å². The monoisotopic (exact) mass is 248 g/mol. The molecule has 5 N–H and O–H groups in total. The SMILES string of the molecule is NCC(Cc1cccc(N)c1)(CC1CC1)C(=O)O. The summed E-state index contributed by atoms with van der Waals surface area (Å²) < 4.78 is 0. The third-order valence-electron chi connectivity index (χ3n) is 3.71. The number of hydrogen-bond donors (Lipinski definition) is 3. The summed E-state index contributed by atoms with van der Waals surface area (Å²) in [6.45, 7) is 0.174. The van der Waals surface area contributed by atoms with Gasteiger partial charge in [-0.2, -0.15) is 0 Å². The summed E-state index contributed by atoms with van der Waals surface area (Å²) in [5, 5.41) is 9.52. The fourth-order valence-corrected chi connectivity index (χ4v) is 2.45. The van der Waals surface area contributed by atoms with Gasteiger partial charge in [-0.3, -0.25) is 4.79 Å². The van der Waals surface area contributed by atoms with Gasteiger partial charge in [0.1, 0.15) is 0 Å². The van der Waals surface area contributed by atoms with Gasteiger partial charge in [-0.1, -0.05) is 25.0 Å². The minimum absolute atomic E-state index is 0.174. The first-order valence-electron chi connectivity index (χ1n) is 6.33. The largest absolute Gasteiger partial charge is 0.481 e. The van der Waals surface area contributed by atoms with E-state index in [2.05, 4.69) is 0 Å². The number of carbonyl (C=O) groups is 1. The standard InChI is InChI=1S/C14H20N2O2/c15-9-14(13(17)18,7-10-4-5-10)8-11-2-1-3-12(16)6-11/h1-3,6,10H,4-5,7-9,15-16H2,(H,17,18). The summed E-state index contributed by atoms with van der Waals surface area (Å²) in [6.07, 6.45) is 3.39. The molecular formula is C14H20N2O2. The fourth-order valence-electron chi connectivity index (χ4n) is 2.45. The van der Waals surface area contributed by atoms with Crippen LogP contribution in [0.25, 0.3) is 0 Å². The van der Waals surface area contributed by atoms with Crippen molar-refractivity contribution in [2.75, 3.05) is 12.3 Å². The Morgan fingerprint density at radius 3 is 2.67 bits per heavy atom. The number of carboxylic acids is 1. The summed E-state index contributed by atoms with van der Waals surface area (Å²) in [5.74, 6) is -0.259. The molecule has 0 aliphatic heterocycles. The third-order valence-corrected chi connectivity index (χ3v) is 3.71. The third kappa shape index (κ3) is 2.82. The van der Waals surface area contributed by atoms with Crippen LogP contribution in [0.5, 0.6) is 0 Å². The molecule has 1 aliphatic rings. The molecular weight excluding hydrogens is 228 g/mol. The van der Waals surface area contributed by atoms with E-state index in [0.717, 1.165) is 18.4 Å². The van der Waals surface area contributed by atoms with Crippen molar-refractivity contribution < 1.29 is 9.90 Å². The Balaban J connectivity index is 2.20. The van der Waals surface area contributed by atoms with Gasteiger partial charge in [0.2, 0.25) is 0 Å². The summed E-state index contributed by atoms with van der Waals surface area (Å²) in [7, 11) is 0. The highest BCUT2D eigenvalue weighted by Gasteiger charge is 2.42. The molecule has 2 rings (SSSR count). The number of benzene rings is 1. The molecule has 1 unspecified atom stereocenters. The first-order chi connectivity index (χ1) is 8.55. The van der Waals surface area contributed by atoms with Gasteiger partial charge in [0, 0.05) is 12.2 Å². The quantitative estimate of drug-likeness (QED) is 0.668. The lowest BCUT2D eigenvalue weighted by Crippen LogP contribution is -2.41. The topological polar surface area (TPSA) is 89.3 Å². The predicted octanol–water partition coefficient (Wildman–Crippen LogP) is 1.64. The van der Waals surface area contributed by atoms with Crippen LogP contribution in [0.15, 0.2) is 24.3 Å². The van der Waals surface area contributed by atoms with Crippen LogP contribution in [0.2, 0.25) is 0 Å². The lowest BCUT2D eigenvalue weighted by Gasteiger charge is -2.28. The highest BCUT2D eigenvalue weighted by Crippen LogP contribution is 2.42. The fraction of sp³-hybridized carbons (Fsp3) is 0.500. The van der Waals surface area contributed by atoms with Crippen molar-refractivity contribution >= 4 is 11.7 Å². The summed E-state index contributed by atoms with van der Waals surface area (Å²) >= 11 is 0. The van der Waals surface area contributed by atoms with Gasteiger partial charge in [0.25, 0.3) is 0 Å². The number of nitrogen functional groups attached to an aromatic ring is 1. The molecule has 1 aromatic carbocycles. The maximum atomic E-state index is 11.6. The Bertz CT molecular complexity index is 443. The Morgan fingerprint density at radius 2 is 2.17 bits per heavy atom. The van der Waals surface area contributed by atoms with Crippen molar-refractivity contribution in [3.8, 4) is 0 Å². The van der Waals surface area contributed by atoms with Gasteiger partial charge in [-0.05, 0) is 36.5 Å². The molecule has 1 atom stereocenters. The number of hydrogen-bond acceptors (Lipinski definition) is 3. The molecule has 1 fully saturated rings. The molecule has 98 valence electrons. The van der Waals surface area contributed by atoms with Crippen LogP contribution in [0.4, 0.5) is 5.69 Å². The Hall–Kier alpha value is -1.55. The van der Waals surface area contributed by atoms with E-state index < -0.39 is 11.4 Å². The molecule has 0 aromatic heterocycles. The normalized spacial score (nSPS) is 18.3. The minimum atomic E-state index is -0.838. The predicted molar refractivity (Wildman–Crippen MR) is 71.0 cm³/mol. The number of carboxylic acid groups (broad SMARTS) is 1. The Morgan fingerprint density at radius 1 is 1.44 bits per heavy atom. The van der Waals surface area contributed by atoms with Crippen molar-refractivity contribution in [3.63, 3.8) is 0 Å². The number of anilines is 1. The zero-order valence-electron chi connectivity index (χ0n) is 10.4.